The quantitative estimate of drug-likeness (QED) is 0.630. The van der Waals surface area contributed by atoms with Crippen LogP contribution in [0.3, 0.4) is 0 Å². The number of rotatable bonds is 7. The van der Waals surface area contributed by atoms with Crippen LogP contribution in [0.25, 0.3) is 10.8 Å². The van der Waals surface area contributed by atoms with E-state index in [1.807, 2.05) is 42.5 Å². The summed E-state index contributed by atoms with van der Waals surface area (Å²) in [5.41, 5.74) is 1.08. The van der Waals surface area contributed by atoms with Crippen molar-refractivity contribution in [3.63, 3.8) is 0 Å². The van der Waals surface area contributed by atoms with Crippen molar-refractivity contribution in [1.82, 2.24) is 20.0 Å². The highest BCUT2D eigenvalue weighted by Crippen LogP contribution is 2.14. The van der Waals surface area contributed by atoms with Crippen molar-refractivity contribution in [2.75, 3.05) is 26.2 Å². The highest BCUT2D eigenvalue weighted by atomic mass is 16.2. The molecule has 1 aliphatic heterocycles. The predicted molar refractivity (Wildman–Crippen MR) is 114 cm³/mol. The number of hydrogen-bond acceptors (Lipinski definition) is 4. The van der Waals surface area contributed by atoms with Gasteiger partial charge in [0.1, 0.15) is 0 Å². The van der Waals surface area contributed by atoms with Crippen LogP contribution in [0.15, 0.2) is 59.4 Å². The number of nitrogens with one attached hydrogen (secondary N) is 1. The molecule has 0 bridgehead atoms. The fourth-order valence-electron chi connectivity index (χ4n) is 3.86. The zero-order valence-corrected chi connectivity index (χ0v) is 16.5. The summed E-state index contributed by atoms with van der Waals surface area (Å²) < 4.78 is 1.39. The Morgan fingerprint density at radius 3 is 2.41 bits per heavy atom. The van der Waals surface area contributed by atoms with E-state index >= 15 is 0 Å². The van der Waals surface area contributed by atoms with Gasteiger partial charge in [0.25, 0.3) is 11.5 Å². The van der Waals surface area contributed by atoms with Gasteiger partial charge in [-0.3, -0.25) is 9.59 Å². The first-order valence-electron chi connectivity index (χ1n) is 10.3. The van der Waals surface area contributed by atoms with Crippen molar-refractivity contribution in [3.8, 4) is 0 Å². The predicted octanol–water partition coefficient (Wildman–Crippen LogP) is 2.66. The van der Waals surface area contributed by atoms with E-state index in [0.717, 1.165) is 31.6 Å². The second kappa shape index (κ2) is 9.01. The van der Waals surface area contributed by atoms with Crippen LogP contribution >= 0.6 is 0 Å². The number of carbonyl (C=O) groups excluding carboxylic acids is 1. The molecule has 2 heterocycles. The third-order valence-electron chi connectivity index (χ3n) is 5.39. The molecule has 0 aliphatic carbocycles. The first-order chi connectivity index (χ1) is 14.2. The SMILES string of the molecule is O=C(NCCCN1CCCC1)c1nn(Cc2ccccc2)c(=O)c2ccccc12. The Labute approximate surface area is 170 Å². The van der Waals surface area contributed by atoms with Gasteiger partial charge in [-0.25, -0.2) is 4.68 Å². The molecule has 0 atom stereocenters. The van der Waals surface area contributed by atoms with Gasteiger partial charge in [0.2, 0.25) is 0 Å². The van der Waals surface area contributed by atoms with Gasteiger partial charge in [-0.1, -0.05) is 48.5 Å². The van der Waals surface area contributed by atoms with E-state index in [0.29, 0.717) is 29.6 Å². The van der Waals surface area contributed by atoms with E-state index in [1.54, 1.807) is 12.1 Å². The molecular formula is C23H26N4O2. The van der Waals surface area contributed by atoms with E-state index in [1.165, 1.54) is 17.5 Å². The number of likely N-dealkylation sites (tertiary alicyclic amines) is 1. The minimum Gasteiger partial charge on any atom is -0.351 e. The average molecular weight is 390 g/mol. The lowest BCUT2D eigenvalue weighted by molar-refractivity contribution is 0.0946. The van der Waals surface area contributed by atoms with E-state index in [4.69, 9.17) is 0 Å². The summed E-state index contributed by atoms with van der Waals surface area (Å²) in [6.07, 6.45) is 3.45. The fraction of sp³-hybridized carbons (Fsp3) is 0.348. The zero-order chi connectivity index (χ0) is 20.1. The second-order valence-corrected chi connectivity index (χ2v) is 7.50. The maximum atomic E-state index is 12.9. The van der Waals surface area contributed by atoms with Crippen molar-refractivity contribution in [3.05, 3.63) is 76.2 Å². The van der Waals surface area contributed by atoms with Crippen LogP contribution in [0.4, 0.5) is 0 Å². The molecule has 1 saturated heterocycles. The van der Waals surface area contributed by atoms with Gasteiger partial charge in [0.15, 0.2) is 5.69 Å². The number of aromatic nitrogens is 2. The minimum absolute atomic E-state index is 0.185. The molecule has 0 radical (unpaired) electrons. The van der Waals surface area contributed by atoms with Crippen LogP contribution in [0.2, 0.25) is 0 Å². The fourth-order valence-corrected chi connectivity index (χ4v) is 3.86. The van der Waals surface area contributed by atoms with Gasteiger partial charge >= 0.3 is 0 Å². The van der Waals surface area contributed by atoms with Crippen LogP contribution in [0.5, 0.6) is 0 Å². The Morgan fingerprint density at radius 1 is 0.966 bits per heavy atom. The normalized spacial score (nSPS) is 14.3. The third kappa shape index (κ3) is 4.54. The monoisotopic (exact) mass is 390 g/mol. The third-order valence-corrected chi connectivity index (χ3v) is 5.39. The van der Waals surface area contributed by atoms with Gasteiger partial charge in [-0.05, 0) is 50.5 Å². The highest BCUT2D eigenvalue weighted by molar-refractivity contribution is 6.04. The zero-order valence-electron chi connectivity index (χ0n) is 16.5. The van der Waals surface area contributed by atoms with Crippen molar-refractivity contribution in [1.29, 1.82) is 0 Å². The molecule has 1 N–H and O–H groups in total. The van der Waals surface area contributed by atoms with Crippen molar-refractivity contribution in [2.45, 2.75) is 25.8 Å². The smallest absolute Gasteiger partial charge is 0.274 e. The van der Waals surface area contributed by atoms with Gasteiger partial charge in [0, 0.05) is 11.9 Å². The molecule has 150 valence electrons. The van der Waals surface area contributed by atoms with Gasteiger partial charge in [-0.15, -0.1) is 0 Å². The molecule has 29 heavy (non-hydrogen) atoms. The van der Waals surface area contributed by atoms with E-state index < -0.39 is 0 Å². The summed E-state index contributed by atoms with van der Waals surface area (Å²) in [5, 5.41) is 8.53. The number of amides is 1. The summed E-state index contributed by atoms with van der Waals surface area (Å²) in [7, 11) is 0. The number of carbonyl (C=O) groups is 1. The van der Waals surface area contributed by atoms with E-state index in [9.17, 15) is 9.59 Å². The molecule has 1 aromatic heterocycles. The topological polar surface area (TPSA) is 67.2 Å². The Hall–Kier alpha value is -2.99. The summed E-state index contributed by atoms with van der Waals surface area (Å²) in [5.74, 6) is -0.232. The first-order valence-corrected chi connectivity index (χ1v) is 10.3. The second-order valence-electron chi connectivity index (χ2n) is 7.50. The van der Waals surface area contributed by atoms with Crippen molar-refractivity contribution in [2.24, 2.45) is 0 Å². The summed E-state index contributed by atoms with van der Waals surface area (Å²) in [6.45, 7) is 4.25. The molecule has 1 fully saturated rings. The lowest BCUT2D eigenvalue weighted by Crippen LogP contribution is -2.32. The van der Waals surface area contributed by atoms with Crippen molar-refractivity contribution >= 4 is 16.7 Å². The number of fused-ring (bicyclic) bond motifs is 1. The molecule has 2 aromatic carbocycles. The lowest BCUT2D eigenvalue weighted by atomic mass is 10.1. The average Bonchev–Trinajstić information content (AvgIpc) is 3.27. The Morgan fingerprint density at radius 2 is 1.66 bits per heavy atom. The Kier molecular flexibility index (Phi) is 6.00. The number of benzene rings is 2. The lowest BCUT2D eigenvalue weighted by Gasteiger charge is -2.15. The molecule has 0 spiro atoms. The number of hydrogen-bond donors (Lipinski definition) is 1. The van der Waals surface area contributed by atoms with Gasteiger partial charge in [-0.2, -0.15) is 5.10 Å². The maximum absolute atomic E-state index is 12.9. The molecule has 6 heteroatoms. The van der Waals surface area contributed by atoms with E-state index in [-0.39, 0.29) is 11.5 Å². The van der Waals surface area contributed by atoms with Crippen LogP contribution in [-0.2, 0) is 6.54 Å². The van der Waals surface area contributed by atoms with E-state index in [2.05, 4.69) is 15.3 Å². The molecule has 1 amide bonds. The van der Waals surface area contributed by atoms with Gasteiger partial charge < -0.3 is 10.2 Å². The molecule has 1 aliphatic rings. The van der Waals surface area contributed by atoms with Crippen LogP contribution in [0, 0.1) is 0 Å². The van der Waals surface area contributed by atoms with Gasteiger partial charge in [0.05, 0.1) is 11.9 Å². The van der Waals surface area contributed by atoms with Crippen molar-refractivity contribution < 1.29 is 4.79 Å². The molecule has 6 nitrogen and oxygen atoms in total. The maximum Gasteiger partial charge on any atom is 0.274 e. The minimum atomic E-state index is -0.232. The molecule has 0 unspecified atom stereocenters. The molecular weight excluding hydrogens is 364 g/mol. The Bertz CT molecular complexity index is 1040. The highest BCUT2D eigenvalue weighted by Gasteiger charge is 2.17. The van der Waals surface area contributed by atoms with Crippen LogP contribution < -0.4 is 10.9 Å². The largest absolute Gasteiger partial charge is 0.351 e. The molecule has 4 rings (SSSR count). The number of nitrogens with zero attached hydrogens (tertiary/aromatic N) is 3. The van der Waals surface area contributed by atoms with Crippen LogP contribution in [0.1, 0.15) is 35.3 Å². The molecule has 0 saturated carbocycles. The Balaban J connectivity index is 1.54. The van der Waals surface area contributed by atoms with Crippen LogP contribution in [-0.4, -0.2) is 46.8 Å². The summed E-state index contributed by atoms with van der Waals surface area (Å²) in [6, 6.07) is 16.9. The standard InChI is InChI=1S/C23H26N4O2/c28-22(24-13-8-16-26-14-6-7-15-26)21-19-11-4-5-12-20(19)23(29)27(25-21)17-18-9-2-1-3-10-18/h1-5,9-12H,6-8,13-17H2,(H,24,28). The molecule has 3 aromatic rings. The first kappa shape index (κ1) is 19.3. The summed E-state index contributed by atoms with van der Waals surface area (Å²) >= 11 is 0. The summed E-state index contributed by atoms with van der Waals surface area (Å²) in [4.78, 5) is 28.2.